The molecular weight excluding hydrogens is 441 g/mol. The average molecular weight is 460 g/mol. The molecule has 0 amide bonds. The highest BCUT2D eigenvalue weighted by Crippen LogP contribution is 2.35. The summed E-state index contributed by atoms with van der Waals surface area (Å²) in [5.41, 5.74) is 3.42. The maximum absolute atomic E-state index is 12.8. The molecule has 0 radical (unpaired) electrons. The molecule has 0 saturated heterocycles. The maximum Gasteiger partial charge on any atom is 0.310 e. The Morgan fingerprint density at radius 1 is 1.03 bits per heavy atom. The minimum absolute atomic E-state index is 0.109. The van der Waals surface area contributed by atoms with E-state index in [2.05, 4.69) is 0 Å². The van der Waals surface area contributed by atoms with Crippen molar-refractivity contribution in [2.24, 2.45) is 0 Å². The zero-order valence-corrected chi connectivity index (χ0v) is 18.4. The van der Waals surface area contributed by atoms with Crippen LogP contribution in [0.1, 0.15) is 27.3 Å². The number of rotatable bonds is 6. The molecule has 0 atom stereocenters. The van der Waals surface area contributed by atoms with E-state index in [0.717, 1.165) is 17.1 Å². The Bertz CT molecular complexity index is 1160. The summed E-state index contributed by atoms with van der Waals surface area (Å²) in [6.45, 7) is 3.57. The number of halogens is 2. The fourth-order valence-corrected chi connectivity index (χ4v) is 4.12. The molecule has 160 valence electrons. The highest BCUT2D eigenvalue weighted by atomic mass is 35.5. The van der Waals surface area contributed by atoms with Crippen LogP contribution in [-0.2, 0) is 16.0 Å². The number of fused-ring (bicyclic) bond motifs is 1. The molecule has 0 saturated carbocycles. The molecule has 0 spiro atoms. The molecule has 8 heteroatoms. The van der Waals surface area contributed by atoms with Crippen LogP contribution >= 0.6 is 23.2 Å². The lowest BCUT2D eigenvalue weighted by Gasteiger charge is -2.11. The number of ketones is 1. The number of carbonyl (C=O) groups is 2. The second-order valence-corrected chi connectivity index (χ2v) is 7.93. The van der Waals surface area contributed by atoms with Gasteiger partial charge in [-0.3, -0.25) is 9.59 Å². The van der Waals surface area contributed by atoms with Crippen LogP contribution in [0.25, 0.3) is 5.69 Å². The van der Waals surface area contributed by atoms with E-state index < -0.39 is 5.97 Å². The molecule has 0 aliphatic carbocycles. The first-order valence-corrected chi connectivity index (χ1v) is 10.3. The Labute approximate surface area is 189 Å². The molecule has 6 nitrogen and oxygen atoms in total. The number of Topliss-reactive ketones (excluding diaryl/α,β-unsaturated/α-hetero) is 1. The van der Waals surface area contributed by atoms with E-state index in [1.54, 1.807) is 24.3 Å². The number of esters is 1. The first kappa shape index (κ1) is 21.3. The smallest absolute Gasteiger partial charge is 0.310 e. The SMILES string of the molecule is Cc1cc(C(=O)COC(=O)Cc2c(Cl)cccc2Cl)c(C)n1-c1ccc2c(c1)OCO2. The second-order valence-electron chi connectivity index (χ2n) is 7.12. The van der Waals surface area contributed by atoms with Gasteiger partial charge in [0.1, 0.15) is 0 Å². The topological polar surface area (TPSA) is 66.8 Å². The molecule has 0 N–H and O–H groups in total. The van der Waals surface area contributed by atoms with Gasteiger partial charge in [-0.25, -0.2) is 0 Å². The summed E-state index contributed by atoms with van der Waals surface area (Å²) in [6, 6.07) is 12.4. The Kier molecular flexibility index (Phi) is 5.94. The van der Waals surface area contributed by atoms with Crippen molar-refractivity contribution in [2.45, 2.75) is 20.3 Å². The maximum atomic E-state index is 12.8. The molecule has 2 heterocycles. The van der Waals surface area contributed by atoms with Crippen molar-refractivity contribution >= 4 is 35.0 Å². The summed E-state index contributed by atoms with van der Waals surface area (Å²) in [6.07, 6.45) is -0.109. The van der Waals surface area contributed by atoms with Crippen molar-refractivity contribution in [1.29, 1.82) is 0 Å². The van der Waals surface area contributed by atoms with E-state index in [9.17, 15) is 9.59 Å². The molecule has 4 rings (SSSR count). The van der Waals surface area contributed by atoms with Gasteiger partial charge in [0.2, 0.25) is 12.6 Å². The van der Waals surface area contributed by atoms with Gasteiger partial charge in [-0.05, 0) is 44.2 Å². The van der Waals surface area contributed by atoms with Crippen LogP contribution in [0.2, 0.25) is 10.0 Å². The summed E-state index contributed by atoms with van der Waals surface area (Å²) in [5.74, 6) is 0.477. The molecular formula is C23H19Cl2NO5. The molecule has 31 heavy (non-hydrogen) atoms. The van der Waals surface area contributed by atoms with E-state index in [1.807, 2.05) is 36.6 Å². The third-order valence-electron chi connectivity index (χ3n) is 5.09. The van der Waals surface area contributed by atoms with E-state index in [1.165, 1.54) is 0 Å². The normalized spacial score (nSPS) is 12.1. The van der Waals surface area contributed by atoms with Gasteiger partial charge >= 0.3 is 5.97 Å². The minimum Gasteiger partial charge on any atom is -0.457 e. The molecule has 0 bridgehead atoms. The van der Waals surface area contributed by atoms with Gasteiger partial charge in [-0.2, -0.15) is 0 Å². The third-order valence-corrected chi connectivity index (χ3v) is 5.80. The molecule has 3 aromatic rings. The predicted molar refractivity (Wildman–Crippen MR) is 117 cm³/mol. The zero-order chi connectivity index (χ0) is 22.1. The van der Waals surface area contributed by atoms with Crippen LogP contribution in [0.5, 0.6) is 11.5 Å². The van der Waals surface area contributed by atoms with E-state index in [0.29, 0.717) is 32.7 Å². The van der Waals surface area contributed by atoms with Crippen molar-refractivity contribution in [2.75, 3.05) is 13.4 Å². The van der Waals surface area contributed by atoms with Gasteiger partial charge in [0.05, 0.1) is 6.42 Å². The number of benzene rings is 2. The lowest BCUT2D eigenvalue weighted by molar-refractivity contribution is -0.141. The Balaban J connectivity index is 1.47. The number of nitrogens with zero attached hydrogens (tertiary/aromatic N) is 1. The molecule has 1 aliphatic heterocycles. The van der Waals surface area contributed by atoms with Crippen molar-refractivity contribution in [3.8, 4) is 17.2 Å². The van der Waals surface area contributed by atoms with Gasteiger partial charge in [0.15, 0.2) is 18.1 Å². The Morgan fingerprint density at radius 2 is 1.74 bits per heavy atom. The molecule has 0 fully saturated rings. The summed E-state index contributed by atoms with van der Waals surface area (Å²) in [5, 5.41) is 0.756. The van der Waals surface area contributed by atoms with Crippen molar-refractivity contribution in [1.82, 2.24) is 4.57 Å². The summed E-state index contributed by atoms with van der Waals surface area (Å²) in [4.78, 5) is 25.0. The molecule has 1 aromatic heterocycles. The van der Waals surface area contributed by atoms with Crippen LogP contribution in [0.4, 0.5) is 0 Å². The Hall–Kier alpha value is -2.96. The third kappa shape index (κ3) is 4.27. The number of aromatic nitrogens is 1. The molecule has 0 unspecified atom stereocenters. The number of carbonyl (C=O) groups excluding carboxylic acids is 2. The fourth-order valence-electron chi connectivity index (χ4n) is 3.59. The monoisotopic (exact) mass is 459 g/mol. The van der Waals surface area contributed by atoms with Crippen molar-refractivity contribution in [3.05, 3.63) is 75.0 Å². The first-order chi connectivity index (χ1) is 14.8. The average Bonchev–Trinajstić information content (AvgIpc) is 3.32. The van der Waals surface area contributed by atoms with Crippen LogP contribution in [0.15, 0.2) is 42.5 Å². The van der Waals surface area contributed by atoms with Crippen LogP contribution in [0, 0.1) is 13.8 Å². The quantitative estimate of drug-likeness (QED) is 0.378. The summed E-state index contributed by atoms with van der Waals surface area (Å²) < 4.78 is 17.9. The lowest BCUT2D eigenvalue weighted by atomic mass is 10.1. The Morgan fingerprint density at radius 3 is 2.48 bits per heavy atom. The zero-order valence-electron chi connectivity index (χ0n) is 16.9. The molecule has 1 aliphatic rings. The van der Waals surface area contributed by atoms with Crippen LogP contribution < -0.4 is 9.47 Å². The van der Waals surface area contributed by atoms with Crippen LogP contribution in [-0.4, -0.2) is 29.7 Å². The number of hydrogen-bond donors (Lipinski definition) is 0. The van der Waals surface area contributed by atoms with Gasteiger partial charge < -0.3 is 18.8 Å². The highest BCUT2D eigenvalue weighted by molar-refractivity contribution is 6.36. The predicted octanol–water partition coefficient (Wildman–Crippen LogP) is 5.10. The van der Waals surface area contributed by atoms with Gasteiger partial charge in [-0.15, -0.1) is 0 Å². The number of hydrogen-bond acceptors (Lipinski definition) is 5. The fraction of sp³-hybridized carbons (Fsp3) is 0.217. The van der Waals surface area contributed by atoms with Crippen LogP contribution in [0.3, 0.4) is 0 Å². The standard InChI is InChI=1S/C23H19Cl2NO5/c1-13-8-16(14(2)26(13)15-6-7-21-22(9-15)31-12-30-21)20(27)11-29-23(28)10-17-18(24)4-3-5-19(17)25/h3-9H,10-12H2,1-2H3. The van der Waals surface area contributed by atoms with Crippen molar-refractivity contribution in [3.63, 3.8) is 0 Å². The second kappa shape index (κ2) is 8.65. The van der Waals surface area contributed by atoms with Gasteiger partial charge in [0, 0.05) is 44.3 Å². The minimum atomic E-state index is -0.576. The van der Waals surface area contributed by atoms with Crippen molar-refractivity contribution < 1.29 is 23.8 Å². The highest BCUT2D eigenvalue weighted by Gasteiger charge is 2.21. The van der Waals surface area contributed by atoms with E-state index in [-0.39, 0.29) is 25.6 Å². The first-order valence-electron chi connectivity index (χ1n) is 9.56. The largest absolute Gasteiger partial charge is 0.457 e. The van der Waals surface area contributed by atoms with Gasteiger partial charge in [0.25, 0.3) is 0 Å². The van der Waals surface area contributed by atoms with E-state index in [4.69, 9.17) is 37.4 Å². The lowest BCUT2D eigenvalue weighted by Crippen LogP contribution is -2.16. The summed E-state index contributed by atoms with van der Waals surface area (Å²) >= 11 is 12.2. The van der Waals surface area contributed by atoms with E-state index >= 15 is 0 Å². The molecule has 2 aromatic carbocycles. The van der Waals surface area contributed by atoms with Gasteiger partial charge in [-0.1, -0.05) is 29.3 Å². The number of ether oxygens (including phenoxy) is 3. The summed E-state index contributed by atoms with van der Waals surface area (Å²) in [7, 11) is 0. The number of aryl methyl sites for hydroxylation is 1.